The van der Waals surface area contributed by atoms with Gasteiger partial charge in [-0.2, -0.15) is 0 Å². The molecular weight excluding hydrogens is 266 g/mol. The van der Waals surface area contributed by atoms with Gasteiger partial charge in [0.05, 0.1) is 0 Å². The topological polar surface area (TPSA) is 75.4 Å². The van der Waals surface area contributed by atoms with Gasteiger partial charge in [0, 0.05) is 13.1 Å². The lowest BCUT2D eigenvalue weighted by atomic mass is 10.1. The molecule has 2 aliphatic rings. The Morgan fingerprint density at radius 3 is 2.52 bits per heavy atom. The van der Waals surface area contributed by atoms with Crippen molar-refractivity contribution in [3.8, 4) is 0 Å². The lowest BCUT2D eigenvalue weighted by Crippen LogP contribution is -2.47. The van der Waals surface area contributed by atoms with E-state index in [0.717, 1.165) is 17.9 Å². The molecule has 1 aliphatic carbocycles. The molecule has 112 valence electrons. The zero-order valence-electron chi connectivity index (χ0n) is 12.0. The normalized spacial score (nSPS) is 21.3. The van der Waals surface area contributed by atoms with Gasteiger partial charge >= 0.3 is 6.03 Å². The van der Waals surface area contributed by atoms with Crippen LogP contribution in [-0.2, 0) is 11.3 Å². The maximum Gasteiger partial charge on any atom is 0.315 e. The summed E-state index contributed by atoms with van der Waals surface area (Å²) < 4.78 is 0. The van der Waals surface area contributed by atoms with Crippen molar-refractivity contribution < 1.29 is 9.59 Å². The first-order valence-corrected chi connectivity index (χ1v) is 7.58. The van der Waals surface area contributed by atoms with Crippen molar-refractivity contribution in [1.29, 1.82) is 0 Å². The summed E-state index contributed by atoms with van der Waals surface area (Å²) in [6, 6.07) is 7.49. The number of carbonyl (C=O) groups excluding carboxylic acids is 2. The Kier molecular flexibility index (Phi) is 3.82. The molecule has 0 unspecified atom stereocenters. The molecule has 5 nitrogen and oxygen atoms in total. The van der Waals surface area contributed by atoms with Crippen LogP contribution in [0.4, 0.5) is 4.79 Å². The highest BCUT2D eigenvalue weighted by Crippen LogP contribution is 2.39. The summed E-state index contributed by atoms with van der Waals surface area (Å²) in [7, 11) is 0. The van der Waals surface area contributed by atoms with E-state index in [-0.39, 0.29) is 5.91 Å². The molecule has 1 saturated heterocycles. The van der Waals surface area contributed by atoms with Crippen LogP contribution in [0.2, 0.25) is 0 Å². The van der Waals surface area contributed by atoms with E-state index in [1.807, 2.05) is 0 Å². The van der Waals surface area contributed by atoms with Crippen molar-refractivity contribution in [2.75, 3.05) is 6.54 Å². The molecule has 21 heavy (non-hydrogen) atoms. The number of carbonyl (C=O) groups is 2. The molecule has 0 bridgehead atoms. The minimum absolute atomic E-state index is 0.113. The molecule has 0 radical (unpaired) electrons. The van der Waals surface area contributed by atoms with Gasteiger partial charge < -0.3 is 16.0 Å². The molecular formula is C16H21N3O2. The summed E-state index contributed by atoms with van der Waals surface area (Å²) in [6.07, 6.45) is 4.11. The Bertz CT molecular complexity index is 537. The molecule has 0 aromatic heterocycles. The number of hydrogen-bond acceptors (Lipinski definition) is 2. The highest BCUT2D eigenvalue weighted by atomic mass is 16.2. The SMILES string of the molecule is NC(=O)N1CCC[C@H]1C(=O)NCc1ccc(C2CC2)cc1. The Morgan fingerprint density at radius 1 is 1.19 bits per heavy atom. The lowest BCUT2D eigenvalue weighted by molar-refractivity contribution is -0.124. The third kappa shape index (κ3) is 3.17. The third-order valence-electron chi connectivity index (χ3n) is 4.33. The first-order valence-electron chi connectivity index (χ1n) is 7.58. The van der Waals surface area contributed by atoms with Gasteiger partial charge in [-0.3, -0.25) is 4.79 Å². The van der Waals surface area contributed by atoms with Crippen LogP contribution in [0.3, 0.4) is 0 Å². The average Bonchev–Trinajstić information content (AvgIpc) is 3.21. The molecule has 1 atom stereocenters. The number of likely N-dealkylation sites (tertiary alicyclic amines) is 1. The van der Waals surface area contributed by atoms with E-state index in [0.29, 0.717) is 19.5 Å². The van der Waals surface area contributed by atoms with Crippen molar-refractivity contribution in [3.05, 3.63) is 35.4 Å². The minimum atomic E-state index is -0.513. The summed E-state index contributed by atoms with van der Waals surface area (Å²) in [5, 5.41) is 2.90. The zero-order valence-corrected chi connectivity index (χ0v) is 12.0. The minimum Gasteiger partial charge on any atom is -0.351 e. The number of urea groups is 1. The van der Waals surface area contributed by atoms with Crippen molar-refractivity contribution in [2.24, 2.45) is 5.73 Å². The van der Waals surface area contributed by atoms with E-state index < -0.39 is 12.1 Å². The van der Waals surface area contributed by atoms with Gasteiger partial charge in [0.2, 0.25) is 5.91 Å². The van der Waals surface area contributed by atoms with Crippen LogP contribution in [0.1, 0.15) is 42.7 Å². The van der Waals surface area contributed by atoms with Gasteiger partial charge in [-0.25, -0.2) is 4.79 Å². The van der Waals surface area contributed by atoms with E-state index >= 15 is 0 Å². The predicted molar refractivity (Wildman–Crippen MR) is 79.6 cm³/mol. The fourth-order valence-corrected chi connectivity index (χ4v) is 2.93. The van der Waals surface area contributed by atoms with Gasteiger partial charge in [-0.15, -0.1) is 0 Å². The predicted octanol–water partition coefficient (Wildman–Crippen LogP) is 1.72. The number of benzene rings is 1. The summed E-state index contributed by atoms with van der Waals surface area (Å²) in [4.78, 5) is 24.9. The molecule has 1 saturated carbocycles. The summed E-state index contributed by atoms with van der Waals surface area (Å²) in [5.41, 5.74) is 7.76. The summed E-state index contributed by atoms with van der Waals surface area (Å²) >= 11 is 0. The number of primary amides is 1. The Morgan fingerprint density at radius 2 is 1.90 bits per heavy atom. The van der Waals surface area contributed by atoms with Gasteiger partial charge in [0.15, 0.2) is 0 Å². The number of rotatable bonds is 4. The third-order valence-corrected chi connectivity index (χ3v) is 4.33. The Balaban J connectivity index is 1.54. The molecule has 0 spiro atoms. The Labute approximate surface area is 124 Å². The van der Waals surface area contributed by atoms with Crippen LogP contribution in [0, 0.1) is 0 Å². The number of hydrogen-bond donors (Lipinski definition) is 2. The molecule has 1 heterocycles. The number of amides is 3. The van der Waals surface area contributed by atoms with E-state index in [1.165, 1.54) is 23.3 Å². The molecule has 3 N–H and O–H groups in total. The molecule has 2 fully saturated rings. The fourth-order valence-electron chi connectivity index (χ4n) is 2.93. The van der Waals surface area contributed by atoms with Crippen LogP contribution >= 0.6 is 0 Å². The van der Waals surface area contributed by atoms with Crippen LogP contribution < -0.4 is 11.1 Å². The molecule has 3 rings (SSSR count). The van der Waals surface area contributed by atoms with E-state index in [9.17, 15) is 9.59 Å². The number of nitrogens with two attached hydrogens (primary N) is 1. The van der Waals surface area contributed by atoms with E-state index in [4.69, 9.17) is 5.73 Å². The summed E-state index contributed by atoms with van der Waals surface area (Å²) in [6.45, 7) is 1.07. The zero-order chi connectivity index (χ0) is 14.8. The lowest BCUT2D eigenvalue weighted by Gasteiger charge is -2.21. The number of nitrogens with zero attached hydrogens (tertiary/aromatic N) is 1. The van der Waals surface area contributed by atoms with Crippen LogP contribution in [0.25, 0.3) is 0 Å². The first kappa shape index (κ1) is 13.9. The maximum atomic E-state index is 12.2. The fraction of sp³-hybridized carbons (Fsp3) is 0.500. The molecule has 1 aromatic rings. The molecule has 3 amide bonds. The van der Waals surface area contributed by atoms with Crippen molar-refractivity contribution in [1.82, 2.24) is 10.2 Å². The highest BCUT2D eigenvalue weighted by Gasteiger charge is 2.32. The standard InChI is InChI=1S/C16H21N3O2/c17-16(21)19-9-1-2-14(19)15(20)18-10-11-3-5-12(6-4-11)13-7-8-13/h3-6,13-14H,1-2,7-10H2,(H2,17,21)(H,18,20)/t14-/m0/s1. The van der Waals surface area contributed by atoms with Crippen LogP contribution in [0.15, 0.2) is 24.3 Å². The molecule has 1 aromatic carbocycles. The van der Waals surface area contributed by atoms with E-state index in [2.05, 4.69) is 29.6 Å². The van der Waals surface area contributed by atoms with Crippen molar-refractivity contribution in [2.45, 2.75) is 44.2 Å². The largest absolute Gasteiger partial charge is 0.351 e. The van der Waals surface area contributed by atoms with Crippen LogP contribution in [-0.4, -0.2) is 29.4 Å². The van der Waals surface area contributed by atoms with Crippen LogP contribution in [0.5, 0.6) is 0 Å². The second kappa shape index (κ2) is 5.76. The average molecular weight is 287 g/mol. The number of nitrogens with one attached hydrogen (secondary N) is 1. The second-order valence-electron chi connectivity index (χ2n) is 5.92. The highest BCUT2D eigenvalue weighted by molar-refractivity contribution is 5.87. The van der Waals surface area contributed by atoms with Gasteiger partial charge in [-0.05, 0) is 42.7 Å². The van der Waals surface area contributed by atoms with Crippen molar-refractivity contribution in [3.63, 3.8) is 0 Å². The first-order chi connectivity index (χ1) is 10.1. The quantitative estimate of drug-likeness (QED) is 0.884. The second-order valence-corrected chi connectivity index (χ2v) is 5.92. The Hall–Kier alpha value is -2.04. The maximum absolute atomic E-state index is 12.2. The monoisotopic (exact) mass is 287 g/mol. The smallest absolute Gasteiger partial charge is 0.315 e. The van der Waals surface area contributed by atoms with Gasteiger partial charge in [-0.1, -0.05) is 24.3 Å². The summed E-state index contributed by atoms with van der Waals surface area (Å²) in [5.74, 6) is 0.633. The van der Waals surface area contributed by atoms with Gasteiger partial charge in [0.1, 0.15) is 6.04 Å². The van der Waals surface area contributed by atoms with E-state index in [1.54, 1.807) is 0 Å². The van der Waals surface area contributed by atoms with Crippen molar-refractivity contribution >= 4 is 11.9 Å². The molecule has 1 aliphatic heterocycles. The molecule has 5 heteroatoms. The van der Waals surface area contributed by atoms with Gasteiger partial charge in [0.25, 0.3) is 0 Å².